The number of carbonyl (C=O) groups is 6. The number of aliphatic imine (C=N–C) groups is 1. The summed E-state index contributed by atoms with van der Waals surface area (Å²) in [5.41, 5.74) is 17.9. The number of rotatable bonds is 23. The normalized spacial score (nSPS) is 13.7. The molecule has 18 nitrogen and oxygen atoms in total. The molecule has 0 aromatic heterocycles. The summed E-state index contributed by atoms with van der Waals surface area (Å²) in [5.74, 6) is -5.07. The van der Waals surface area contributed by atoms with Gasteiger partial charge in [-0.25, -0.2) is 4.79 Å². The van der Waals surface area contributed by atoms with E-state index in [0.29, 0.717) is 17.5 Å². The van der Waals surface area contributed by atoms with Crippen LogP contribution in [-0.4, -0.2) is 100 Å². The molecule has 5 atom stereocenters. The van der Waals surface area contributed by atoms with Crippen LogP contribution in [0.5, 0.6) is 11.5 Å². The summed E-state index contributed by atoms with van der Waals surface area (Å²) in [6.07, 6.45) is 0.844. The number of nitrogens with two attached hydrogens (primary N) is 3. The van der Waals surface area contributed by atoms with E-state index in [2.05, 4.69) is 31.6 Å². The van der Waals surface area contributed by atoms with Crippen LogP contribution in [0.1, 0.15) is 64.5 Å². The van der Waals surface area contributed by atoms with Gasteiger partial charge in [0.15, 0.2) is 5.96 Å². The second-order valence-electron chi connectivity index (χ2n) is 14.4. The largest absolute Gasteiger partial charge is 0.508 e. The molecule has 5 amide bonds. The van der Waals surface area contributed by atoms with Gasteiger partial charge < -0.3 is 59.1 Å². The number of benzene rings is 2. The predicted molar refractivity (Wildman–Crippen MR) is 209 cm³/mol. The summed E-state index contributed by atoms with van der Waals surface area (Å²) in [6.45, 7) is 6.91. The first-order chi connectivity index (χ1) is 26.3. The summed E-state index contributed by atoms with van der Waals surface area (Å²) in [6, 6.07) is 6.12. The summed E-state index contributed by atoms with van der Waals surface area (Å²) in [7, 11) is 0. The standard InChI is InChI=1S/C38H57N9O9/c1-21(2)16-28(46-36(54)30(19-24-9-13-26(49)14-10-24)45-33(51)27(39)6-5-15-42-38(40)41)34(52)43-20-32(50)44-29(18-23-7-11-25(48)12-8-23)35(53)47-31(37(55)56)17-22(3)4/h7-14,21-22,27-31,48-49H,5-6,15-20,39H2,1-4H3,(H,43,52)(H,44,50)(H,45,51)(H,46,54)(H,47,53)(H,55,56)(H4,40,41,42)/t27-,28+,29+,30+,31+/m1/s1. The Hall–Kier alpha value is -5.91. The van der Waals surface area contributed by atoms with Gasteiger partial charge in [-0.05, 0) is 72.9 Å². The van der Waals surface area contributed by atoms with Gasteiger partial charge in [0.1, 0.15) is 35.7 Å². The first kappa shape index (κ1) is 46.2. The molecule has 2 aromatic carbocycles. The highest BCUT2D eigenvalue weighted by molar-refractivity contribution is 5.95. The third kappa shape index (κ3) is 17.5. The van der Waals surface area contributed by atoms with E-state index in [9.17, 15) is 44.1 Å². The maximum atomic E-state index is 13.7. The van der Waals surface area contributed by atoms with Gasteiger partial charge in [0, 0.05) is 19.4 Å². The molecule has 2 aromatic rings. The fraction of sp³-hybridized carbons (Fsp3) is 0.500. The first-order valence-electron chi connectivity index (χ1n) is 18.4. The number of carboxylic acids is 1. The third-order valence-electron chi connectivity index (χ3n) is 8.43. The second kappa shape index (κ2) is 23.1. The van der Waals surface area contributed by atoms with E-state index in [1.807, 2.05) is 13.8 Å². The minimum absolute atomic E-state index is 0.00201. The van der Waals surface area contributed by atoms with Gasteiger partial charge in [-0.1, -0.05) is 52.0 Å². The number of hydrogen-bond donors (Lipinski definition) is 11. The fourth-order valence-electron chi connectivity index (χ4n) is 5.56. The van der Waals surface area contributed by atoms with Gasteiger partial charge in [-0.2, -0.15) is 0 Å². The second-order valence-corrected chi connectivity index (χ2v) is 14.4. The van der Waals surface area contributed by atoms with Gasteiger partial charge in [-0.3, -0.25) is 29.0 Å². The Morgan fingerprint density at radius 2 is 1.09 bits per heavy atom. The molecule has 56 heavy (non-hydrogen) atoms. The summed E-state index contributed by atoms with van der Waals surface area (Å²) < 4.78 is 0. The van der Waals surface area contributed by atoms with Crippen LogP contribution in [-0.2, 0) is 41.6 Å². The Morgan fingerprint density at radius 3 is 1.55 bits per heavy atom. The van der Waals surface area contributed by atoms with Crippen molar-refractivity contribution in [3.8, 4) is 11.5 Å². The number of phenols is 2. The highest BCUT2D eigenvalue weighted by Gasteiger charge is 2.31. The third-order valence-corrected chi connectivity index (χ3v) is 8.43. The highest BCUT2D eigenvalue weighted by Crippen LogP contribution is 2.14. The molecule has 18 heteroatoms. The van der Waals surface area contributed by atoms with Crippen molar-refractivity contribution in [3.63, 3.8) is 0 Å². The molecule has 0 aliphatic carbocycles. The minimum atomic E-state index is -1.24. The van der Waals surface area contributed by atoms with Crippen molar-refractivity contribution in [1.82, 2.24) is 26.6 Å². The number of hydrogen-bond acceptors (Lipinski definition) is 10. The molecular weight excluding hydrogens is 726 g/mol. The van der Waals surface area contributed by atoms with E-state index in [1.54, 1.807) is 38.1 Å². The van der Waals surface area contributed by atoms with Gasteiger partial charge >= 0.3 is 5.97 Å². The SMILES string of the molecule is CC(C)C[C@H](NC(=O)[C@H](Cc1ccc(O)cc1)NC(=O)CNC(=O)[C@H](CC(C)C)NC(=O)[C@H](Cc1ccc(O)cc1)NC(=O)[C@H](N)CCCN=C(N)N)C(=O)O. The molecule has 0 saturated carbocycles. The van der Waals surface area contributed by atoms with Crippen LogP contribution < -0.4 is 43.8 Å². The lowest BCUT2D eigenvalue weighted by Gasteiger charge is -2.25. The van der Waals surface area contributed by atoms with Crippen molar-refractivity contribution >= 4 is 41.5 Å². The summed E-state index contributed by atoms with van der Waals surface area (Å²) >= 11 is 0. The van der Waals surface area contributed by atoms with Crippen LogP contribution in [0.4, 0.5) is 0 Å². The lowest BCUT2D eigenvalue weighted by Crippen LogP contribution is -2.57. The van der Waals surface area contributed by atoms with Crippen molar-refractivity contribution in [2.75, 3.05) is 13.1 Å². The lowest BCUT2D eigenvalue weighted by atomic mass is 10.0. The predicted octanol–water partition coefficient (Wildman–Crippen LogP) is -0.504. The zero-order chi connectivity index (χ0) is 41.9. The van der Waals surface area contributed by atoms with Crippen molar-refractivity contribution in [2.45, 2.75) is 96.4 Å². The van der Waals surface area contributed by atoms with Crippen LogP contribution in [0.2, 0.25) is 0 Å². The van der Waals surface area contributed by atoms with Gasteiger partial charge in [0.2, 0.25) is 29.5 Å². The van der Waals surface area contributed by atoms with Crippen molar-refractivity contribution in [2.24, 2.45) is 34.0 Å². The van der Waals surface area contributed by atoms with Crippen LogP contribution >= 0.6 is 0 Å². The number of aromatic hydroxyl groups is 2. The Labute approximate surface area is 326 Å². The van der Waals surface area contributed by atoms with E-state index < -0.39 is 72.3 Å². The summed E-state index contributed by atoms with van der Waals surface area (Å²) in [4.78, 5) is 82.5. The average molecular weight is 784 g/mol. The molecular formula is C38H57N9O9. The molecule has 14 N–H and O–H groups in total. The van der Waals surface area contributed by atoms with Gasteiger partial charge in [-0.15, -0.1) is 0 Å². The number of carboxylic acid groups (broad SMARTS) is 1. The van der Waals surface area contributed by atoms with Crippen LogP contribution in [0.25, 0.3) is 0 Å². The number of guanidine groups is 1. The molecule has 0 spiro atoms. The zero-order valence-corrected chi connectivity index (χ0v) is 32.3. The van der Waals surface area contributed by atoms with Crippen molar-refractivity contribution in [1.29, 1.82) is 0 Å². The van der Waals surface area contributed by atoms with E-state index >= 15 is 0 Å². The Kier molecular flexibility index (Phi) is 19.1. The molecule has 0 unspecified atom stereocenters. The monoisotopic (exact) mass is 783 g/mol. The number of phenolic OH excluding ortho intramolecular Hbond substituents is 2. The number of carbonyl (C=O) groups excluding carboxylic acids is 5. The van der Waals surface area contributed by atoms with Crippen LogP contribution in [0.3, 0.4) is 0 Å². The van der Waals surface area contributed by atoms with Gasteiger partial charge in [0.25, 0.3) is 0 Å². The summed E-state index contributed by atoms with van der Waals surface area (Å²) in [5, 5.41) is 41.9. The Morgan fingerprint density at radius 1 is 0.643 bits per heavy atom. The zero-order valence-electron chi connectivity index (χ0n) is 32.3. The topological polar surface area (TPSA) is 314 Å². The highest BCUT2D eigenvalue weighted by atomic mass is 16.4. The molecule has 0 aliphatic heterocycles. The number of nitrogens with one attached hydrogen (secondary N) is 5. The molecule has 308 valence electrons. The molecule has 0 bridgehead atoms. The van der Waals surface area contributed by atoms with Crippen LogP contribution in [0, 0.1) is 11.8 Å². The first-order valence-corrected chi connectivity index (χ1v) is 18.4. The lowest BCUT2D eigenvalue weighted by molar-refractivity contribution is -0.142. The van der Waals surface area contributed by atoms with E-state index in [4.69, 9.17) is 17.2 Å². The molecule has 0 fully saturated rings. The smallest absolute Gasteiger partial charge is 0.326 e. The number of nitrogens with zero attached hydrogens (tertiary/aromatic N) is 1. The molecule has 0 aliphatic rings. The number of amides is 5. The molecule has 0 saturated heterocycles. The number of aliphatic carboxylic acids is 1. The Balaban J connectivity index is 2.20. The van der Waals surface area contributed by atoms with Crippen molar-refractivity contribution in [3.05, 3.63) is 59.7 Å². The molecule has 2 rings (SSSR count). The Bertz CT molecular complexity index is 1650. The van der Waals surface area contributed by atoms with E-state index in [-0.39, 0.29) is 67.9 Å². The minimum Gasteiger partial charge on any atom is -0.508 e. The fourth-order valence-corrected chi connectivity index (χ4v) is 5.56. The van der Waals surface area contributed by atoms with E-state index in [1.165, 1.54) is 24.3 Å². The van der Waals surface area contributed by atoms with Gasteiger partial charge in [0.05, 0.1) is 12.6 Å². The van der Waals surface area contributed by atoms with Crippen molar-refractivity contribution < 1.29 is 44.1 Å². The maximum Gasteiger partial charge on any atom is 0.326 e. The molecule has 0 heterocycles. The maximum absolute atomic E-state index is 13.7. The van der Waals surface area contributed by atoms with Crippen LogP contribution in [0.15, 0.2) is 53.5 Å². The molecule has 0 radical (unpaired) electrons. The quantitative estimate of drug-likeness (QED) is 0.0386. The van der Waals surface area contributed by atoms with E-state index in [0.717, 1.165) is 0 Å². The average Bonchev–Trinajstić information content (AvgIpc) is 3.12.